The highest BCUT2D eigenvalue weighted by Crippen LogP contribution is 2.26. The van der Waals surface area contributed by atoms with E-state index in [1.807, 2.05) is 34.9 Å². The molecule has 106 valence electrons. The van der Waals surface area contributed by atoms with Crippen LogP contribution in [0.15, 0.2) is 48.5 Å². The van der Waals surface area contributed by atoms with E-state index < -0.39 is 0 Å². The van der Waals surface area contributed by atoms with E-state index in [-0.39, 0.29) is 6.61 Å². The molecule has 1 heterocycles. The van der Waals surface area contributed by atoms with E-state index in [9.17, 15) is 5.11 Å². The van der Waals surface area contributed by atoms with Crippen molar-refractivity contribution in [2.75, 3.05) is 0 Å². The van der Waals surface area contributed by atoms with Crippen LogP contribution in [0.25, 0.3) is 17.1 Å². The van der Waals surface area contributed by atoms with E-state index in [0.717, 1.165) is 22.6 Å². The molecule has 0 aliphatic rings. The van der Waals surface area contributed by atoms with Gasteiger partial charge in [0.2, 0.25) is 0 Å². The standard InChI is InChI=1S/C17H17N3O/c1-12-8-9-13(2)15(10-12)17-19-18-16(11-21)20(17)14-6-4-3-5-7-14/h3-10,21H,11H2,1-2H3. The molecule has 21 heavy (non-hydrogen) atoms. The van der Waals surface area contributed by atoms with Crippen molar-refractivity contribution in [2.45, 2.75) is 20.5 Å². The molecule has 0 unspecified atom stereocenters. The summed E-state index contributed by atoms with van der Waals surface area (Å²) in [6.45, 7) is 3.96. The fourth-order valence-electron chi connectivity index (χ4n) is 2.42. The first-order valence-electron chi connectivity index (χ1n) is 6.89. The Morgan fingerprint density at radius 3 is 2.48 bits per heavy atom. The van der Waals surface area contributed by atoms with Crippen LogP contribution in [0.4, 0.5) is 0 Å². The van der Waals surface area contributed by atoms with Crippen molar-refractivity contribution in [1.29, 1.82) is 0 Å². The highest BCUT2D eigenvalue weighted by molar-refractivity contribution is 5.63. The molecule has 4 nitrogen and oxygen atoms in total. The molecule has 0 spiro atoms. The molecule has 3 aromatic rings. The number of aliphatic hydroxyl groups excluding tert-OH is 1. The van der Waals surface area contributed by atoms with Gasteiger partial charge < -0.3 is 5.11 Å². The zero-order chi connectivity index (χ0) is 14.8. The molecule has 3 rings (SSSR count). The average Bonchev–Trinajstić information content (AvgIpc) is 2.94. The molecule has 0 bridgehead atoms. The smallest absolute Gasteiger partial charge is 0.168 e. The molecule has 0 aliphatic carbocycles. The highest BCUT2D eigenvalue weighted by Gasteiger charge is 2.16. The van der Waals surface area contributed by atoms with Gasteiger partial charge in [0.15, 0.2) is 11.6 Å². The second-order valence-electron chi connectivity index (χ2n) is 5.09. The number of hydrogen-bond acceptors (Lipinski definition) is 3. The van der Waals surface area contributed by atoms with E-state index in [1.165, 1.54) is 5.56 Å². The van der Waals surface area contributed by atoms with E-state index >= 15 is 0 Å². The summed E-state index contributed by atoms with van der Waals surface area (Å²) in [6.07, 6.45) is 0. The molecule has 0 fully saturated rings. The van der Waals surface area contributed by atoms with Gasteiger partial charge in [-0.2, -0.15) is 0 Å². The molecular formula is C17H17N3O. The molecule has 4 heteroatoms. The molecule has 0 atom stereocenters. The maximum atomic E-state index is 9.54. The third-order valence-corrected chi connectivity index (χ3v) is 3.52. The number of hydrogen-bond donors (Lipinski definition) is 1. The number of aliphatic hydroxyl groups is 1. The van der Waals surface area contributed by atoms with Gasteiger partial charge in [0.25, 0.3) is 0 Å². The summed E-state index contributed by atoms with van der Waals surface area (Å²) in [4.78, 5) is 0. The van der Waals surface area contributed by atoms with Crippen LogP contribution >= 0.6 is 0 Å². The Kier molecular flexibility index (Phi) is 3.54. The summed E-state index contributed by atoms with van der Waals surface area (Å²) in [5.41, 5.74) is 4.28. The molecular weight excluding hydrogens is 262 g/mol. The lowest BCUT2D eigenvalue weighted by Crippen LogP contribution is -2.03. The van der Waals surface area contributed by atoms with Crippen molar-refractivity contribution in [3.63, 3.8) is 0 Å². The Bertz CT molecular complexity index is 763. The number of para-hydroxylation sites is 1. The Balaban J connectivity index is 2.25. The fraction of sp³-hybridized carbons (Fsp3) is 0.176. The summed E-state index contributed by atoms with van der Waals surface area (Å²) in [5.74, 6) is 1.29. The lowest BCUT2D eigenvalue weighted by Gasteiger charge is -2.11. The van der Waals surface area contributed by atoms with E-state index in [4.69, 9.17) is 0 Å². The largest absolute Gasteiger partial charge is 0.388 e. The van der Waals surface area contributed by atoms with Gasteiger partial charge in [-0.25, -0.2) is 0 Å². The van der Waals surface area contributed by atoms with Crippen LogP contribution in [0.5, 0.6) is 0 Å². The zero-order valence-electron chi connectivity index (χ0n) is 12.1. The first kappa shape index (κ1) is 13.5. The minimum Gasteiger partial charge on any atom is -0.388 e. The van der Waals surface area contributed by atoms with Gasteiger partial charge in [-0.15, -0.1) is 10.2 Å². The third-order valence-electron chi connectivity index (χ3n) is 3.52. The van der Waals surface area contributed by atoms with Crippen LogP contribution in [0, 0.1) is 13.8 Å². The maximum absolute atomic E-state index is 9.54. The number of aryl methyl sites for hydroxylation is 2. The molecule has 0 amide bonds. The second-order valence-corrected chi connectivity index (χ2v) is 5.09. The summed E-state index contributed by atoms with van der Waals surface area (Å²) >= 11 is 0. The van der Waals surface area contributed by atoms with Crippen LogP contribution in [-0.2, 0) is 6.61 Å². The Morgan fingerprint density at radius 1 is 1.00 bits per heavy atom. The Labute approximate surface area is 123 Å². The van der Waals surface area contributed by atoms with E-state index in [0.29, 0.717) is 5.82 Å². The van der Waals surface area contributed by atoms with E-state index in [2.05, 4.69) is 42.2 Å². The van der Waals surface area contributed by atoms with Crippen molar-refractivity contribution in [3.8, 4) is 17.1 Å². The van der Waals surface area contributed by atoms with Gasteiger partial charge in [0.05, 0.1) is 0 Å². The summed E-state index contributed by atoms with van der Waals surface area (Å²) in [6, 6.07) is 16.1. The Hall–Kier alpha value is -2.46. The minimum absolute atomic E-state index is 0.146. The highest BCUT2D eigenvalue weighted by atomic mass is 16.3. The fourth-order valence-corrected chi connectivity index (χ4v) is 2.42. The van der Waals surface area contributed by atoms with Gasteiger partial charge in [-0.05, 0) is 37.6 Å². The molecule has 0 aliphatic heterocycles. The predicted octanol–water partition coefficient (Wildman–Crippen LogP) is 3.04. The second kappa shape index (κ2) is 5.50. The maximum Gasteiger partial charge on any atom is 0.168 e. The van der Waals surface area contributed by atoms with Crippen LogP contribution in [0.1, 0.15) is 17.0 Å². The molecule has 1 aromatic heterocycles. The zero-order valence-corrected chi connectivity index (χ0v) is 12.1. The van der Waals surface area contributed by atoms with Gasteiger partial charge in [-0.3, -0.25) is 4.57 Å². The number of rotatable bonds is 3. The van der Waals surface area contributed by atoms with Crippen molar-refractivity contribution < 1.29 is 5.11 Å². The summed E-state index contributed by atoms with van der Waals surface area (Å²) < 4.78 is 1.90. The van der Waals surface area contributed by atoms with Crippen molar-refractivity contribution in [2.24, 2.45) is 0 Å². The molecule has 2 aromatic carbocycles. The summed E-state index contributed by atoms with van der Waals surface area (Å²) in [7, 11) is 0. The average molecular weight is 279 g/mol. The van der Waals surface area contributed by atoms with E-state index in [1.54, 1.807) is 0 Å². The van der Waals surface area contributed by atoms with Gasteiger partial charge in [0.1, 0.15) is 6.61 Å². The Morgan fingerprint density at radius 2 is 1.76 bits per heavy atom. The van der Waals surface area contributed by atoms with Crippen LogP contribution in [0.3, 0.4) is 0 Å². The number of benzene rings is 2. The number of aromatic nitrogens is 3. The first-order valence-corrected chi connectivity index (χ1v) is 6.89. The topological polar surface area (TPSA) is 50.9 Å². The van der Waals surface area contributed by atoms with Crippen molar-refractivity contribution in [3.05, 3.63) is 65.5 Å². The first-order chi connectivity index (χ1) is 10.2. The van der Waals surface area contributed by atoms with Crippen molar-refractivity contribution in [1.82, 2.24) is 14.8 Å². The quantitative estimate of drug-likeness (QED) is 0.801. The van der Waals surface area contributed by atoms with Crippen LogP contribution < -0.4 is 0 Å². The lowest BCUT2D eigenvalue weighted by molar-refractivity contribution is 0.269. The normalized spacial score (nSPS) is 10.8. The van der Waals surface area contributed by atoms with Crippen molar-refractivity contribution >= 4 is 0 Å². The molecule has 0 saturated carbocycles. The molecule has 1 N–H and O–H groups in total. The van der Waals surface area contributed by atoms with Gasteiger partial charge in [0, 0.05) is 11.3 Å². The lowest BCUT2D eigenvalue weighted by atomic mass is 10.0. The van der Waals surface area contributed by atoms with Gasteiger partial charge >= 0.3 is 0 Å². The molecule has 0 radical (unpaired) electrons. The SMILES string of the molecule is Cc1ccc(C)c(-c2nnc(CO)n2-c2ccccc2)c1. The van der Waals surface area contributed by atoms with Gasteiger partial charge in [-0.1, -0.05) is 35.9 Å². The number of nitrogens with zero attached hydrogens (tertiary/aromatic N) is 3. The monoisotopic (exact) mass is 279 g/mol. The van der Waals surface area contributed by atoms with Crippen LogP contribution in [-0.4, -0.2) is 19.9 Å². The molecule has 0 saturated heterocycles. The third kappa shape index (κ3) is 2.45. The van der Waals surface area contributed by atoms with Crippen LogP contribution in [0.2, 0.25) is 0 Å². The minimum atomic E-state index is -0.146. The predicted molar refractivity (Wildman–Crippen MR) is 82.2 cm³/mol. The summed E-state index contributed by atoms with van der Waals surface area (Å²) in [5, 5.41) is 18.0.